The van der Waals surface area contributed by atoms with Crippen LogP contribution in [0.2, 0.25) is 0 Å². The molecule has 0 radical (unpaired) electrons. The summed E-state index contributed by atoms with van der Waals surface area (Å²) in [5.41, 5.74) is 8.76. The van der Waals surface area contributed by atoms with E-state index in [2.05, 4.69) is 32.0 Å². The van der Waals surface area contributed by atoms with E-state index in [9.17, 15) is 0 Å². The van der Waals surface area contributed by atoms with Crippen molar-refractivity contribution in [3.63, 3.8) is 0 Å². The van der Waals surface area contributed by atoms with Gasteiger partial charge in [0.05, 0.1) is 6.61 Å². The Morgan fingerprint density at radius 3 is 2.94 bits per heavy atom. The van der Waals surface area contributed by atoms with E-state index in [0.717, 1.165) is 38.2 Å². The van der Waals surface area contributed by atoms with E-state index in [0.29, 0.717) is 0 Å². The normalized spacial score (nSPS) is 14.7. The van der Waals surface area contributed by atoms with Crippen molar-refractivity contribution in [3.05, 3.63) is 29.3 Å². The third-order valence-corrected chi connectivity index (χ3v) is 3.40. The summed E-state index contributed by atoms with van der Waals surface area (Å²) in [5, 5.41) is 0. The lowest BCUT2D eigenvalue weighted by Crippen LogP contribution is -2.24. The fourth-order valence-corrected chi connectivity index (χ4v) is 1.98. The van der Waals surface area contributed by atoms with Gasteiger partial charge in [0.1, 0.15) is 5.75 Å². The van der Waals surface area contributed by atoms with Gasteiger partial charge >= 0.3 is 0 Å². The van der Waals surface area contributed by atoms with Gasteiger partial charge < -0.3 is 10.5 Å². The van der Waals surface area contributed by atoms with Crippen LogP contribution in [0.25, 0.3) is 0 Å². The molecule has 0 saturated heterocycles. The second-order valence-electron chi connectivity index (χ2n) is 5.41. The Kier molecular flexibility index (Phi) is 3.20. The third kappa shape index (κ3) is 2.56. The number of ether oxygens (including phenoxy) is 1. The van der Waals surface area contributed by atoms with Gasteiger partial charge in [0, 0.05) is 6.42 Å². The highest BCUT2D eigenvalue weighted by Gasteiger charge is 2.16. The molecule has 0 atom stereocenters. The molecule has 2 heteroatoms. The fraction of sp³-hybridized carbons (Fsp3) is 0.571. The van der Waals surface area contributed by atoms with Crippen molar-refractivity contribution in [3.8, 4) is 5.75 Å². The maximum Gasteiger partial charge on any atom is 0.122 e. The Balaban J connectivity index is 2.00. The minimum atomic E-state index is 0.246. The Morgan fingerprint density at radius 2 is 2.19 bits per heavy atom. The number of hydrogen-bond donors (Lipinski definition) is 1. The van der Waals surface area contributed by atoms with E-state index in [1.165, 1.54) is 11.1 Å². The van der Waals surface area contributed by atoms with Crippen LogP contribution in [0.5, 0.6) is 5.75 Å². The number of hydrogen-bond acceptors (Lipinski definition) is 2. The summed E-state index contributed by atoms with van der Waals surface area (Å²) in [6.45, 7) is 6.04. The molecule has 0 fully saturated rings. The first-order valence-corrected chi connectivity index (χ1v) is 6.05. The maximum atomic E-state index is 5.74. The van der Waals surface area contributed by atoms with Crippen molar-refractivity contribution in [1.29, 1.82) is 0 Å². The van der Waals surface area contributed by atoms with Crippen molar-refractivity contribution in [1.82, 2.24) is 0 Å². The van der Waals surface area contributed by atoms with Gasteiger partial charge in [-0.05, 0) is 42.0 Å². The van der Waals surface area contributed by atoms with Gasteiger partial charge in [-0.3, -0.25) is 0 Å². The summed E-state index contributed by atoms with van der Waals surface area (Å²) in [4.78, 5) is 0. The molecule has 88 valence electrons. The number of aryl methyl sites for hydroxylation is 1. The number of fused-ring (bicyclic) bond motifs is 1. The van der Waals surface area contributed by atoms with Gasteiger partial charge in [-0.2, -0.15) is 0 Å². The van der Waals surface area contributed by atoms with E-state index in [4.69, 9.17) is 10.5 Å². The predicted molar refractivity (Wildman–Crippen MR) is 66.8 cm³/mol. The lowest BCUT2D eigenvalue weighted by atomic mass is 9.86. The van der Waals surface area contributed by atoms with Crippen molar-refractivity contribution in [2.24, 2.45) is 11.1 Å². The fourth-order valence-electron chi connectivity index (χ4n) is 1.98. The predicted octanol–water partition coefficient (Wildman–Crippen LogP) is 2.54. The van der Waals surface area contributed by atoms with Gasteiger partial charge in [0.25, 0.3) is 0 Å². The molecule has 1 aliphatic rings. The summed E-state index contributed by atoms with van der Waals surface area (Å²) in [6.07, 6.45) is 3.31. The Hall–Kier alpha value is -1.02. The Morgan fingerprint density at radius 1 is 1.38 bits per heavy atom. The molecule has 0 aliphatic carbocycles. The first-order valence-electron chi connectivity index (χ1n) is 6.05. The third-order valence-electron chi connectivity index (χ3n) is 3.40. The highest BCUT2D eigenvalue weighted by atomic mass is 16.5. The zero-order valence-electron chi connectivity index (χ0n) is 10.3. The molecule has 2 nitrogen and oxygen atoms in total. The lowest BCUT2D eigenvalue weighted by molar-refractivity contribution is 0.347. The molecular formula is C14H21NO. The van der Waals surface area contributed by atoms with Gasteiger partial charge in [-0.1, -0.05) is 26.0 Å². The van der Waals surface area contributed by atoms with Gasteiger partial charge in [-0.15, -0.1) is 0 Å². The summed E-state index contributed by atoms with van der Waals surface area (Å²) < 4.78 is 5.50. The summed E-state index contributed by atoms with van der Waals surface area (Å²) in [5.74, 6) is 1.07. The average molecular weight is 219 g/mol. The molecule has 1 aromatic carbocycles. The van der Waals surface area contributed by atoms with Crippen LogP contribution in [-0.2, 0) is 12.8 Å². The number of benzene rings is 1. The highest BCUT2D eigenvalue weighted by molar-refractivity contribution is 5.39. The highest BCUT2D eigenvalue weighted by Crippen LogP contribution is 2.28. The smallest absolute Gasteiger partial charge is 0.122 e. The molecular weight excluding hydrogens is 198 g/mol. The average Bonchev–Trinajstić information content (AvgIpc) is 2.73. The minimum absolute atomic E-state index is 0.246. The largest absolute Gasteiger partial charge is 0.493 e. The second-order valence-corrected chi connectivity index (χ2v) is 5.41. The minimum Gasteiger partial charge on any atom is -0.493 e. The monoisotopic (exact) mass is 219 g/mol. The van der Waals surface area contributed by atoms with Crippen molar-refractivity contribution in [2.75, 3.05) is 13.2 Å². The topological polar surface area (TPSA) is 35.2 Å². The standard InChI is InChI=1S/C14H21NO/c1-14(2,10-15)7-5-11-3-4-13-12(9-11)6-8-16-13/h3-4,9H,5-8,10,15H2,1-2H3. The van der Waals surface area contributed by atoms with Crippen LogP contribution in [0, 0.1) is 5.41 Å². The van der Waals surface area contributed by atoms with E-state index in [1.54, 1.807) is 0 Å². The van der Waals surface area contributed by atoms with Crippen LogP contribution < -0.4 is 10.5 Å². The van der Waals surface area contributed by atoms with Crippen LogP contribution in [0.15, 0.2) is 18.2 Å². The van der Waals surface area contributed by atoms with Crippen molar-refractivity contribution < 1.29 is 4.74 Å². The van der Waals surface area contributed by atoms with Crippen molar-refractivity contribution >= 4 is 0 Å². The van der Waals surface area contributed by atoms with Crippen LogP contribution in [0.1, 0.15) is 31.4 Å². The van der Waals surface area contributed by atoms with E-state index >= 15 is 0 Å². The van der Waals surface area contributed by atoms with Gasteiger partial charge in [-0.25, -0.2) is 0 Å². The number of nitrogens with two attached hydrogens (primary N) is 1. The Labute approximate surface area is 97.8 Å². The summed E-state index contributed by atoms with van der Waals surface area (Å²) >= 11 is 0. The van der Waals surface area contributed by atoms with Crippen LogP contribution >= 0.6 is 0 Å². The molecule has 0 spiro atoms. The maximum absolute atomic E-state index is 5.74. The molecule has 16 heavy (non-hydrogen) atoms. The zero-order chi connectivity index (χ0) is 11.6. The van der Waals surface area contributed by atoms with Gasteiger partial charge in [0.2, 0.25) is 0 Å². The van der Waals surface area contributed by atoms with E-state index < -0.39 is 0 Å². The molecule has 2 rings (SSSR count). The molecule has 0 amide bonds. The molecule has 0 saturated carbocycles. The SMILES string of the molecule is CC(C)(CN)CCc1ccc2c(c1)CCO2. The van der Waals surface area contributed by atoms with Crippen LogP contribution in [0.3, 0.4) is 0 Å². The van der Waals surface area contributed by atoms with E-state index in [1.807, 2.05) is 0 Å². The molecule has 0 aromatic heterocycles. The molecule has 0 unspecified atom stereocenters. The molecule has 1 heterocycles. The molecule has 2 N–H and O–H groups in total. The summed E-state index contributed by atoms with van der Waals surface area (Å²) in [7, 11) is 0. The molecule has 1 aliphatic heterocycles. The summed E-state index contributed by atoms with van der Waals surface area (Å²) in [6, 6.07) is 6.57. The Bertz CT molecular complexity index is 371. The molecule has 1 aromatic rings. The quantitative estimate of drug-likeness (QED) is 0.844. The van der Waals surface area contributed by atoms with E-state index in [-0.39, 0.29) is 5.41 Å². The second kappa shape index (κ2) is 4.46. The van der Waals surface area contributed by atoms with Gasteiger partial charge in [0.15, 0.2) is 0 Å². The van der Waals surface area contributed by atoms with Crippen molar-refractivity contribution in [2.45, 2.75) is 33.1 Å². The first kappa shape index (κ1) is 11.5. The van der Waals surface area contributed by atoms with Crippen LogP contribution in [0.4, 0.5) is 0 Å². The number of rotatable bonds is 4. The van der Waals surface area contributed by atoms with Crippen LogP contribution in [-0.4, -0.2) is 13.2 Å². The first-order chi connectivity index (χ1) is 7.61. The molecule has 0 bridgehead atoms. The lowest BCUT2D eigenvalue weighted by Gasteiger charge is -2.22. The zero-order valence-corrected chi connectivity index (χ0v) is 10.3.